The molecular formula is C27H21ClN4O7. The second-order valence-electron chi connectivity index (χ2n) is 8.41. The second-order valence-corrected chi connectivity index (χ2v) is 8.82. The van der Waals surface area contributed by atoms with Crippen molar-refractivity contribution in [1.82, 2.24) is 20.8 Å². The van der Waals surface area contributed by atoms with Crippen LogP contribution in [0.4, 0.5) is 4.79 Å². The Hall–Kier alpha value is -4.74. The van der Waals surface area contributed by atoms with Crippen LogP contribution in [0.3, 0.4) is 0 Å². The van der Waals surface area contributed by atoms with E-state index in [2.05, 4.69) is 20.8 Å². The molecule has 0 radical (unpaired) electrons. The highest BCUT2D eigenvalue weighted by atomic mass is 35.5. The van der Waals surface area contributed by atoms with E-state index in [1.54, 1.807) is 54.6 Å². The summed E-state index contributed by atoms with van der Waals surface area (Å²) in [6.07, 6.45) is -0.0982. The zero-order valence-electron chi connectivity index (χ0n) is 20.5. The number of nitrogens with one attached hydrogen (secondary N) is 2. The number of carbonyl (C=O) groups excluding carboxylic acids is 3. The fourth-order valence-electron chi connectivity index (χ4n) is 3.83. The van der Waals surface area contributed by atoms with E-state index in [0.29, 0.717) is 39.4 Å². The summed E-state index contributed by atoms with van der Waals surface area (Å²) in [6, 6.07) is 19.7. The summed E-state index contributed by atoms with van der Waals surface area (Å²) >= 11 is 6.22. The van der Waals surface area contributed by atoms with E-state index in [1.165, 1.54) is 7.11 Å². The maximum absolute atomic E-state index is 12.6. The number of hydrogen-bond donors (Lipinski definition) is 2. The first-order chi connectivity index (χ1) is 18.9. The molecule has 0 saturated carbocycles. The molecule has 0 aliphatic carbocycles. The smallest absolute Gasteiger partial charge is 0.328 e. The topological polar surface area (TPSA) is 142 Å². The van der Waals surface area contributed by atoms with Crippen molar-refractivity contribution in [3.63, 3.8) is 0 Å². The average molecular weight is 549 g/mol. The van der Waals surface area contributed by atoms with Gasteiger partial charge in [0.2, 0.25) is 5.82 Å². The lowest BCUT2D eigenvalue weighted by molar-refractivity contribution is -0.153. The predicted molar refractivity (Wildman–Crippen MR) is 138 cm³/mol. The molecule has 0 spiro atoms. The van der Waals surface area contributed by atoms with E-state index < -0.39 is 23.4 Å². The molecule has 0 unspecified atom stereocenters. The van der Waals surface area contributed by atoms with E-state index in [0.717, 1.165) is 0 Å². The first-order valence-corrected chi connectivity index (χ1v) is 12.1. The summed E-state index contributed by atoms with van der Waals surface area (Å²) in [6.45, 7) is 0.0527. The van der Waals surface area contributed by atoms with Crippen molar-refractivity contribution in [3.05, 3.63) is 77.8 Å². The van der Waals surface area contributed by atoms with Crippen LogP contribution in [0.1, 0.15) is 6.42 Å². The van der Waals surface area contributed by atoms with E-state index in [9.17, 15) is 14.4 Å². The highest BCUT2D eigenvalue weighted by molar-refractivity contribution is 6.33. The van der Waals surface area contributed by atoms with Crippen LogP contribution in [0.25, 0.3) is 22.8 Å². The van der Waals surface area contributed by atoms with Crippen LogP contribution in [0.5, 0.6) is 17.2 Å². The minimum absolute atomic E-state index is 0.0527. The van der Waals surface area contributed by atoms with Crippen molar-refractivity contribution >= 4 is 29.4 Å². The molecule has 3 aromatic carbocycles. The SMILES string of the molecule is COCCC1(Oc2ccc(Oc3ccc(-c4nc(-c5ccccc5Cl)no4)cc3)cc2)C(=O)NC(=O)NC1=O. The molecule has 1 fully saturated rings. The molecule has 1 aromatic heterocycles. The number of imide groups is 2. The van der Waals surface area contributed by atoms with Crippen LogP contribution in [0.2, 0.25) is 5.02 Å². The van der Waals surface area contributed by atoms with Gasteiger partial charge in [-0.05, 0) is 60.7 Å². The van der Waals surface area contributed by atoms with E-state index in [4.69, 9.17) is 30.3 Å². The zero-order chi connectivity index (χ0) is 27.4. The maximum Gasteiger partial charge on any atom is 0.328 e. The normalized spacial score (nSPS) is 14.5. The number of methoxy groups -OCH3 is 1. The fraction of sp³-hybridized carbons (Fsp3) is 0.148. The molecule has 2 heterocycles. The minimum Gasteiger partial charge on any atom is -0.467 e. The van der Waals surface area contributed by atoms with Crippen molar-refractivity contribution in [2.24, 2.45) is 0 Å². The van der Waals surface area contributed by atoms with Crippen LogP contribution in [-0.4, -0.2) is 47.3 Å². The Bertz CT molecular complexity index is 1500. The van der Waals surface area contributed by atoms with Gasteiger partial charge in [-0.15, -0.1) is 0 Å². The van der Waals surface area contributed by atoms with Crippen LogP contribution in [0, 0.1) is 0 Å². The van der Waals surface area contributed by atoms with Gasteiger partial charge in [0.05, 0.1) is 11.6 Å². The van der Waals surface area contributed by atoms with E-state index in [1.807, 2.05) is 18.2 Å². The van der Waals surface area contributed by atoms with Gasteiger partial charge < -0.3 is 18.7 Å². The lowest BCUT2D eigenvalue weighted by atomic mass is 9.95. The zero-order valence-corrected chi connectivity index (χ0v) is 21.2. The quantitative estimate of drug-likeness (QED) is 0.291. The van der Waals surface area contributed by atoms with Crippen molar-refractivity contribution < 1.29 is 33.1 Å². The molecule has 11 nitrogen and oxygen atoms in total. The highest BCUT2D eigenvalue weighted by Gasteiger charge is 2.52. The molecule has 2 N–H and O–H groups in total. The lowest BCUT2D eigenvalue weighted by Crippen LogP contribution is -2.69. The van der Waals surface area contributed by atoms with Crippen LogP contribution < -0.4 is 20.1 Å². The number of hydrogen-bond acceptors (Lipinski definition) is 9. The Balaban J connectivity index is 1.26. The molecule has 5 rings (SSSR count). The summed E-state index contributed by atoms with van der Waals surface area (Å²) in [5, 5.41) is 8.67. The first kappa shape index (κ1) is 25.9. The molecule has 1 aliphatic rings. The van der Waals surface area contributed by atoms with Gasteiger partial charge in [-0.25, -0.2) is 4.79 Å². The molecule has 1 aliphatic heterocycles. The Morgan fingerprint density at radius 3 is 2.13 bits per heavy atom. The Labute approximate surface area is 227 Å². The molecule has 12 heteroatoms. The Morgan fingerprint density at radius 2 is 1.49 bits per heavy atom. The Kier molecular flexibility index (Phi) is 7.26. The first-order valence-electron chi connectivity index (χ1n) is 11.7. The number of rotatable bonds is 9. The van der Waals surface area contributed by atoms with Crippen molar-refractivity contribution in [2.45, 2.75) is 12.0 Å². The largest absolute Gasteiger partial charge is 0.467 e. The molecular weight excluding hydrogens is 528 g/mol. The van der Waals surface area contributed by atoms with Crippen molar-refractivity contribution in [2.75, 3.05) is 13.7 Å². The maximum atomic E-state index is 12.6. The number of halogens is 1. The van der Waals surface area contributed by atoms with Gasteiger partial charge in [0.15, 0.2) is 0 Å². The number of urea groups is 1. The van der Waals surface area contributed by atoms with Crippen molar-refractivity contribution in [1.29, 1.82) is 0 Å². The van der Waals surface area contributed by atoms with Gasteiger partial charge in [-0.3, -0.25) is 20.2 Å². The monoisotopic (exact) mass is 548 g/mol. The number of benzene rings is 3. The molecule has 0 atom stereocenters. The third-order valence-corrected chi connectivity index (χ3v) is 6.17. The van der Waals surface area contributed by atoms with Gasteiger partial charge in [0.25, 0.3) is 23.3 Å². The fourth-order valence-corrected chi connectivity index (χ4v) is 4.05. The third kappa shape index (κ3) is 5.44. The van der Waals surface area contributed by atoms with Crippen LogP contribution in [0.15, 0.2) is 77.3 Å². The predicted octanol–water partition coefficient (Wildman–Crippen LogP) is 4.37. The number of nitrogens with zero attached hydrogens (tertiary/aromatic N) is 2. The second kappa shape index (κ2) is 10.9. The summed E-state index contributed by atoms with van der Waals surface area (Å²) in [5.41, 5.74) is -0.590. The number of ether oxygens (including phenoxy) is 3. The molecule has 0 bridgehead atoms. The van der Waals surface area contributed by atoms with E-state index in [-0.39, 0.29) is 18.8 Å². The molecule has 1 saturated heterocycles. The highest BCUT2D eigenvalue weighted by Crippen LogP contribution is 2.31. The lowest BCUT2D eigenvalue weighted by Gasteiger charge is -2.34. The number of amides is 4. The molecule has 4 aromatic rings. The van der Waals surface area contributed by atoms with Crippen LogP contribution >= 0.6 is 11.6 Å². The molecule has 4 amide bonds. The van der Waals surface area contributed by atoms with Crippen molar-refractivity contribution in [3.8, 4) is 40.1 Å². The summed E-state index contributed by atoms with van der Waals surface area (Å²) in [4.78, 5) is 41.0. The van der Waals surface area contributed by atoms with Gasteiger partial charge in [-0.1, -0.05) is 28.9 Å². The van der Waals surface area contributed by atoms with Gasteiger partial charge in [0.1, 0.15) is 17.2 Å². The summed E-state index contributed by atoms with van der Waals surface area (Å²) in [5.74, 6) is 0.226. The standard InChI is InChI=1S/C27H21ClN4O7/c1-36-15-14-27(24(33)30-26(35)31-25(27)34)38-19-12-10-18(11-13-19)37-17-8-6-16(7-9-17)23-29-22(32-39-23)20-4-2-3-5-21(20)28/h2-13H,14-15H2,1H3,(H2,30,31,33,34,35). The average Bonchev–Trinajstić information content (AvgIpc) is 3.42. The summed E-state index contributed by atoms with van der Waals surface area (Å²) < 4.78 is 22.1. The minimum atomic E-state index is -1.96. The Morgan fingerprint density at radius 1 is 0.872 bits per heavy atom. The summed E-state index contributed by atoms with van der Waals surface area (Å²) in [7, 11) is 1.43. The number of aromatic nitrogens is 2. The van der Waals surface area contributed by atoms with Crippen LogP contribution in [-0.2, 0) is 14.3 Å². The van der Waals surface area contributed by atoms with E-state index >= 15 is 0 Å². The van der Waals surface area contributed by atoms with Gasteiger partial charge in [0, 0.05) is 24.7 Å². The molecule has 198 valence electrons. The molecule has 39 heavy (non-hydrogen) atoms. The van der Waals surface area contributed by atoms with Gasteiger partial charge in [-0.2, -0.15) is 4.98 Å². The van der Waals surface area contributed by atoms with Gasteiger partial charge >= 0.3 is 6.03 Å². The third-order valence-electron chi connectivity index (χ3n) is 5.84. The number of carbonyl (C=O) groups is 3. The number of barbiturate groups is 1.